The molecule has 178 valence electrons. The van der Waals surface area contributed by atoms with Crippen molar-refractivity contribution in [1.82, 2.24) is 4.90 Å². The summed E-state index contributed by atoms with van der Waals surface area (Å²) in [6.45, 7) is 0.271. The SMILES string of the molecule is O=C(O)c1ccc(NC(=O)C2CC(=O)N(Cc3ccc(Cl)cc3)C(=Nc3cccc(Cl)c3)S2)cc1. The Morgan fingerprint density at radius 3 is 2.40 bits per heavy atom. The molecule has 1 heterocycles. The molecule has 0 aromatic heterocycles. The zero-order valence-electron chi connectivity index (χ0n) is 18.2. The summed E-state index contributed by atoms with van der Waals surface area (Å²) in [4.78, 5) is 43.3. The van der Waals surface area contributed by atoms with Crippen molar-refractivity contribution in [2.45, 2.75) is 18.2 Å². The summed E-state index contributed by atoms with van der Waals surface area (Å²) in [5.41, 5.74) is 1.96. The molecule has 0 aliphatic carbocycles. The van der Waals surface area contributed by atoms with Crippen LogP contribution >= 0.6 is 35.0 Å². The first kappa shape index (κ1) is 24.8. The topological polar surface area (TPSA) is 99.1 Å². The van der Waals surface area contributed by atoms with E-state index in [1.165, 1.54) is 36.0 Å². The van der Waals surface area contributed by atoms with Gasteiger partial charge in [0.05, 0.1) is 17.8 Å². The molecule has 1 atom stereocenters. The first-order valence-electron chi connectivity index (χ1n) is 10.5. The second-order valence-corrected chi connectivity index (χ2v) is 9.71. The molecule has 35 heavy (non-hydrogen) atoms. The standard InChI is InChI=1S/C25H19Cl2N3O4S/c26-17-8-4-15(5-9-17)14-30-22(31)13-21(35-25(30)29-20-3-1-2-18(27)12-20)23(32)28-19-10-6-16(7-11-19)24(33)34/h1-12,21H,13-14H2,(H,28,32)(H,33,34). The van der Waals surface area contributed by atoms with Gasteiger partial charge in [0.15, 0.2) is 5.17 Å². The van der Waals surface area contributed by atoms with Gasteiger partial charge in [0.1, 0.15) is 5.25 Å². The monoisotopic (exact) mass is 527 g/mol. The molecule has 2 N–H and O–H groups in total. The van der Waals surface area contributed by atoms with E-state index >= 15 is 0 Å². The van der Waals surface area contributed by atoms with Crippen LogP contribution in [0, 0.1) is 0 Å². The third-order valence-corrected chi connectivity index (χ3v) is 6.79. The van der Waals surface area contributed by atoms with Gasteiger partial charge < -0.3 is 10.4 Å². The molecule has 7 nitrogen and oxygen atoms in total. The number of amides is 2. The maximum Gasteiger partial charge on any atom is 0.335 e. The van der Waals surface area contributed by atoms with Gasteiger partial charge >= 0.3 is 5.97 Å². The Bertz CT molecular complexity index is 1300. The van der Waals surface area contributed by atoms with Gasteiger partial charge in [-0.15, -0.1) is 0 Å². The molecule has 0 radical (unpaired) electrons. The van der Waals surface area contributed by atoms with E-state index in [-0.39, 0.29) is 30.3 Å². The molecule has 0 saturated carbocycles. The lowest BCUT2D eigenvalue weighted by atomic mass is 10.2. The van der Waals surface area contributed by atoms with Crippen molar-refractivity contribution in [2.24, 2.45) is 4.99 Å². The van der Waals surface area contributed by atoms with Crippen LogP contribution in [-0.2, 0) is 16.1 Å². The number of carbonyl (C=O) groups excluding carboxylic acids is 2. The van der Waals surface area contributed by atoms with E-state index in [9.17, 15) is 14.4 Å². The van der Waals surface area contributed by atoms with E-state index in [2.05, 4.69) is 10.3 Å². The molecule has 2 amide bonds. The maximum absolute atomic E-state index is 13.2. The summed E-state index contributed by atoms with van der Waals surface area (Å²) in [7, 11) is 0. The number of rotatable bonds is 6. The third kappa shape index (κ3) is 6.42. The van der Waals surface area contributed by atoms with Crippen molar-refractivity contribution in [3.63, 3.8) is 0 Å². The van der Waals surface area contributed by atoms with E-state index in [0.717, 1.165) is 5.56 Å². The van der Waals surface area contributed by atoms with Gasteiger partial charge in [-0.2, -0.15) is 0 Å². The lowest BCUT2D eigenvalue weighted by molar-refractivity contribution is -0.129. The largest absolute Gasteiger partial charge is 0.478 e. The highest BCUT2D eigenvalue weighted by atomic mass is 35.5. The fourth-order valence-corrected chi connectivity index (χ4v) is 4.75. The summed E-state index contributed by atoms with van der Waals surface area (Å²) in [6.07, 6.45) is -0.0220. The number of carboxylic acids is 1. The Morgan fingerprint density at radius 2 is 1.74 bits per heavy atom. The molecule has 1 aliphatic heterocycles. The van der Waals surface area contributed by atoms with E-state index in [4.69, 9.17) is 28.3 Å². The summed E-state index contributed by atoms with van der Waals surface area (Å²) in [5, 5.41) is 12.5. The molecular formula is C25H19Cl2N3O4S. The van der Waals surface area contributed by atoms with Crippen LogP contribution in [0.2, 0.25) is 10.0 Å². The number of halogens is 2. The zero-order chi connectivity index (χ0) is 24.9. The van der Waals surface area contributed by atoms with Crippen molar-refractivity contribution in [3.8, 4) is 0 Å². The summed E-state index contributed by atoms with van der Waals surface area (Å²) in [6, 6.07) is 19.9. The number of hydrogen-bond acceptors (Lipinski definition) is 5. The summed E-state index contributed by atoms with van der Waals surface area (Å²) < 4.78 is 0. The van der Waals surface area contributed by atoms with Gasteiger partial charge in [0.25, 0.3) is 0 Å². The van der Waals surface area contributed by atoms with Crippen molar-refractivity contribution >= 4 is 69.3 Å². The number of aromatic carboxylic acids is 1. The van der Waals surface area contributed by atoms with Crippen LogP contribution < -0.4 is 5.32 Å². The molecular weight excluding hydrogens is 509 g/mol. The van der Waals surface area contributed by atoms with Gasteiger partial charge in [0.2, 0.25) is 11.8 Å². The minimum atomic E-state index is -1.06. The predicted octanol–water partition coefficient (Wildman–Crippen LogP) is 5.85. The molecule has 10 heteroatoms. The Kier molecular flexibility index (Phi) is 7.75. The average Bonchev–Trinajstić information content (AvgIpc) is 2.82. The van der Waals surface area contributed by atoms with Crippen LogP contribution in [-0.4, -0.2) is 38.2 Å². The molecule has 1 unspecified atom stereocenters. The number of nitrogens with zero attached hydrogens (tertiary/aromatic N) is 2. The zero-order valence-corrected chi connectivity index (χ0v) is 20.5. The van der Waals surface area contributed by atoms with Gasteiger partial charge in [-0.3, -0.25) is 14.5 Å². The number of thioether (sulfide) groups is 1. The fourth-order valence-electron chi connectivity index (χ4n) is 3.34. The number of aliphatic imine (C=N–C) groups is 1. The fraction of sp³-hybridized carbons (Fsp3) is 0.120. The van der Waals surface area contributed by atoms with Crippen LogP contribution in [0.5, 0.6) is 0 Å². The highest BCUT2D eigenvalue weighted by molar-refractivity contribution is 8.15. The van der Waals surface area contributed by atoms with Crippen LogP contribution in [0.25, 0.3) is 0 Å². The van der Waals surface area contributed by atoms with Crippen molar-refractivity contribution in [1.29, 1.82) is 0 Å². The summed E-state index contributed by atoms with van der Waals surface area (Å²) >= 11 is 13.3. The van der Waals surface area contributed by atoms with Gasteiger partial charge in [-0.1, -0.05) is 53.2 Å². The minimum absolute atomic E-state index is 0.0220. The number of amidine groups is 1. The average molecular weight is 528 g/mol. The van der Waals surface area contributed by atoms with E-state index in [1.54, 1.807) is 41.3 Å². The van der Waals surface area contributed by atoms with Gasteiger partial charge in [-0.05, 0) is 60.2 Å². The molecule has 4 rings (SSSR count). The Morgan fingerprint density at radius 1 is 1.03 bits per heavy atom. The Balaban J connectivity index is 1.57. The molecule has 0 spiro atoms. The quantitative estimate of drug-likeness (QED) is 0.418. The highest BCUT2D eigenvalue weighted by Crippen LogP contribution is 2.31. The Hall–Kier alpha value is -3.33. The molecule has 1 saturated heterocycles. The number of carboxylic acid groups (broad SMARTS) is 1. The first-order valence-corrected chi connectivity index (χ1v) is 12.1. The van der Waals surface area contributed by atoms with Crippen LogP contribution in [0.3, 0.4) is 0 Å². The number of carbonyl (C=O) groups is 3. The molecule has 1 aliphatic rings. The lowest BCUT2D eigenvalue weighted by Crippen LogP contribution is -2.44. The van der Waals surface area contributed by atoms with Crippen molar-refractivity contribution < 1.29 is 19.5 Å². The molecule has 0 bridgehead atoms. The second-order valence-electron chi connectivity index (χ2n) is 7.66. The third-order valence-electron chi connectivity index (χ3n) is 5.12. The number of benzene rings is 3. The second kappa shape index (κ2) is 10.9. The van der Waals surface area contributed by atoms with Gasteiger partial charge in [-0.25, -0.2) is 9.79 Å². The van der Waals surface area contributed by atoms with Crippen molar-refractivity contribution in [2.75, 3.05) is 5.32 Å². The van der Waals surface area contributed by atoms with Gasteiger partial charge in [0, 0.05) is 22.2 Å². The first-order chi connectivity index (χ1) is 16.8. The lowest BCUT2D eigenvalue weighted by Gasteiger charge is -2.32. The predicted molar refractivity (Wildman–Crippen MR) is 139 cm³/mol. The van der Waals surface area contributed by atoms with E-state index < -0.39 is 11.2 Å². The van der Waals surface area contributed by atoms with E-state index in [1.807, 2.05) is 12.1 Å². The number of hydrogen-bond donors (Lipinski definition) is 2. The van der Waals surface area contributed by atoms with Crippen LogP contribution in [0.15, 0.2) is 77.8 Å². The molecule has 3 aromatic carbocycles. The highest BCUT2D eigenvalue weighted by Gasteiger charge is 2.36. The normalized spacial score (nSPS) is 16.9. The van der Waals surface area contributed by atoms with Crippen LogP contribution in [0.4, 0.5) is 11.4 Å². The van der Waals surface area contributed by atoms with E-state index in [0.29, 0.717) is 26.6 Å². The molecule has 1 fully saturated rings. The maximum atomic E-state index is 13.2. The van der Waals surface area contributed by atoms with Crippen molar-refractivity contribution in [3.05, 3.63) is 94.0 Å². The minimum Gasteiger partial charge on any atom is -0.478 e. The number of nitrogens with one attached hydrogen (secondary N) is 1. The Labute approximate surface area is 215 Å². The molecule has 3 aromatic rings. The summed E-state index contributed by atoms with van der Waals surface area (Å²) in [5.74, 6) is -1.68. The smallest absolute Gasteiger partial charge is 0.335 e. The number of anilines is 1. The van der Waals surface area contributed by atoms with Crippen LogP contribution in [0.1, 0.15) is 22.3 Å².